The van der Waals surface area contributed by atoms with Crippen molar-refractivity contribution < 1.29 is 4.74 Å². The third kappa shape index (κ3) is 3.64. The molecule has 4 aromatic rings. The van der Waals surface area contributed by atoms with Crippen molar-refractivity contribution in [1.82, 2.24) is 4.57 Å². The van der Waals surface area contributed by atoms with Crippen molar-refractivity contribution in [2.24, 2.45) is 0 Å². The Morgan fingerprint density at radius 1 is 0.714 bits per heavy atom. The molecule has 2 nitrogen and oxygen atoms in total. The summed E-state index contributed by atoms with van der Waals surface area (Å²) in [5.41, 5.74) is 5.15. The van der Waals surface area contributed by atoms with E-state index >= 15 is 0 Å². The molecule has 0 unspecified atom stereocenters. The number of para-hydroxylation sites is 1. The summed E-state index contributed by atoms with van der Waals surface area (Å²) in [7, 11) is 0. The molecule has 0 atom stereocenters. The Balaban J connectivity index is 1.70. The first-order chi connectivity index (χ1) is 13.8. The summed E-state index contributed by atoms with van der Waals surface area (Å²) < 4.78 is 8.28. The van der Waals surface area contributed by atoms with Gasteiger partial charge in [-0.05, 0) is 54.3 Å². The Labute approximate surface area is 167 Å². The van der Waals surface area contributed by atoms with Crippen LogP contribution in [0.2, 0.25) is 0 Å². The molecule has 1 heterocycles. The maximum atomic E-state index is 5.80. The van der Waals surface area contributed by atoms with Gasteiger partial charge in [-0.2, -0.15) is 0 Å². The molecule has 28 heavy (non-hydrogen) atoms. The smallest absolute Gasteiger partial charge is 0.119 e. The minimum absolute atomic E-state index is 0.791. The van der Waals surface area contributed by atoms with Gasteiger partial charge in [0, 0.05) is 28.4 Å². The fourth-order valence-electron chi connectivity index (χ4n) is 3.87. The summed E-state index contributed by atoms with van der Waals surface area (Å²) in [5, 5.41) is 2.68. The second-order valence-corrected chi connectivity index (χ2v) is 7.48. The van der Waals surface area contributed by atoms with E-state index < -0.39 is 0 Å². The Hall–Kier alpha value is -2.74. The lowest BCUT2D eigenvalue weighted by Gasteiger charge is -2.08. The van der Waals surface area contributed by atoms with Crippen molar-refractivity contribution in [3.63, 3.8) is 0 Å². The van der Waals surface area contributed by atoms with Crippen LogP contribution in [-0.4, -0.2) is 11.2 Å². The number of hydrogen-bond donors (Lipinski definition) is 0. The van der Waals surface area contributed by atoms with Crippen LogP contribution in [0.5, 0.6) is 5.75 Å². The van der Waals surface area contributed by atoms with Gasteiger partial charge in [0.15, 0.2) is 0 Å². The van der Waals surface area contributed by atoms with Crippen molar-refractivity contribution in [3.8, 4) is 16.9 Å². The van der Waals surface area contributed by atoms with E-state index in [0.717, 1.165) is 31.7 Å². The lowest BCUT2D eigenvalue weighted by atomic mass is 10.0. The fourth-order valence-corrected chi connectivity index (χ4v) is 3.87. The minimum Gasteiger partial charge on any atom is -0.494 e. The molecule has 0 aliphatic carbocycles. The SMILES string of the molecule is CCCCOc1ccc(-c2ccc3c(c2)c2ccccc2n3CCCC)cc1. The van der Waals surface area contributed by atoms with Crippen LogP contribution in [0.4, 0.5) is 0 Å². The maximum Gasteiger partial charge on any atom is 0.119 e. The second kappa shape index (κ2) is 8.52. The van der Waals surface area contributed by atoms with Crippen LogP contribution in [0.25, 0.3) is 32.9 Å². The summed E-state index contributed by atoms with van der Waals surface area (Å²) in [6.45, 7) is 6.30. The van der Waals surface area contributed by atoms with Gasteiger partial charge in [-0.1, -0.05) is 63.1 Å². The highest BCUT2D eigenvalue weighted by Crippen LogP contribution is 2.33. The van der Waals surface area contributed by atoms with Crippen molar-refractivity contribution in [3.05, 3.63) is 66.7 Å². The molecule has 0 fully saturated rings. The molecule has 0 amide bonds. The number of aromatic nitrogens is 1. The summed E-state index contributed by atoms with van der Waals surface area (Å²) in [4.78, 5) is 0. The molecule has 1 aromatic heterocycles. The Morgan fingerprint density at radius 2 is 1.43 bits per heavy atom. The van der Waals surface area contributed by atoms with Crippen molar-refractivity contribution in [2.45, 2.75) is 46.1 Å². The number of hydrogen-bond acceptors (Lipinski definition) is 1. The van der Waals surface area contributed by atoms with Crippen molar-refractivity contribution in [2.75, 3.05) is 6.61 Å². The van der Waals surface area contributed by atoms with Gasteiger partial charge in [0.1, 0.15) is 5.75 Å². The second-order valence-electron chi connectivity index (χ2n) is 7.48. The third-order valence-electron chi connectivity index (χ3n) is 5.46. The lowest BCUT2D eigenvalue weighted by molar-refractivity contribution is 0.309. The summed E-state index contributed by atoms with van der Waals surface area (Å²) in [6, 6.07) is 24.1. The minimum atomic E-state index is 0.791. The van der Waals surface area contributed by atoms with Gasteiger partial charge in [-0.25, -0.2) is 0 Å². The fraction of sp³-hybridized carbons (Fsp3) is 0.308. The standard InChI is InChI=1S/C26H29NO/c1-3-5-17-27-25-10-8-7-9-23(25)24-19-21(13-16-26(24)27)20-11-14-22(15-12-20)28-18-6-4-2/h7-16,19H,3-6,17-18H2,1-2H3. The highest BCUT2D eigenvalue weighted by Gasteiger charge is 2.11. The number of benzene rings is 3. The van der Waals surface area contributed by atoms with Crippen LogP contribution >= 0.6 is 0 Å². The van der Waals surface area contributed by atoms with Crippen LogP contribution < -0.4 is 4.74 Å². The zero-order valence-corrected chi connectivity index (χ0v) is 16.9. The predicted molar refractivity (Wildman–Crippen MR) is 120 cm³/mol. The van der Waals surface area contributed by atoms with Crippen LogP contribution in [0.1, 0.15) is 39.5 Å². The van der Waals surface area contributed by atoms with E-state index in [1.807, 2.05) is 0 Å². The largest absolute Gasteiger partial charge is 0.494 e. The predicted octanol–water partition coefficient (Wildman–Crippen LogP) is 7.44. The number of unbranched alkanes of at least 4 members (excludes halogenated alkanes) is 2. The zero-order valence-electron chi connectivity index (χ0n) is 16.9. The lowest BCUT2D eigenvalue weighted by Crippen LogP contribution is -1.97. The van der Waals surface area contributed by atoms with E-state index in [-0.39, 0.29) is 0 Å². The van der Waals surface area contributed by atoms with Gasteiger partial charge in [0.2, 0.25) is 0 Å². The number of nitrogens with zero attached hydrogens (tertiary/aromatic N) is 1. The van der Waals surface area contributed by atoms with Gasteiger partial charge in [0.05, 0.1) is 6.61 Å². The first-order valence-electron chi connectivity index (χ1n) is 10.6. The number of rotatable bonds is 8. The van der Waals surface area contributed by atoms with Gasteiger partial charge in [-0.15, -0.1) is 0 Å². The molecule has 3 aromatic carbocycles. The first-order valence-corrected chi connectivity index (χ1v) is 10.6. The van der Waals surface area contributed by atoms with E-state index in [1.165, 1.54) is 45.8 Å². The van der Waals surface area contributed by atoms with E-state index in [0.29, 0.717) is 0 Å². The molecular formula is C26H29NO. The third-order valence-corrected chi connectivity index (χ3v) is 5.46. The van der Waals surface area contributed by atoms with Crippen molar-refractivity contribution >= 4 is 21.8 Å². The molecule has 0 saturated carbocycles. The molecule has 2 heteroatoms. The highest BCUT2D eigenvalue weighted by atomic mass is 16.5. The Morgan fingerprint density at radius 3 is 2.21 bits per heavy atom. The van der Waals surface area contributed by atoms with E-state index in [9.17, 15) is 0 Å². The molecule has 0 bridgehead atoms. The zero-order chi connectivity index (χ0) is 19.3. The van der Waals surface area contributed by atoms with E-state index in [2.05, 4.69) is 85.1 Å². The molecule has 0 radical (unpaired) electrons. The molecule has 0 saturated heterocycles. The summed E-state index contributed by atoms with van der Waals surface area (Å²) >= 11 is 0. The number of fused-ring (bicyclic) bond motifs is 3. The monoisotopic (exact) mass is 371 g/mol. The number of ether oxygens (including phenoxy) is 1. The Kier molecular flexibility index (Phi) is 5.66. The van der Waals surface area contributed by atoms with Crippen LogP contribution in [0.3, 0.4) is 0 Å². The highest BCUT2D eigenvalue weighted by molar-refractivity contribution is 6.09. The quantitative estimate of drug-likeness (QED) is 0.294. The van der Waals surface area contributed by atoms with Crippen LogP contribution in [0, 0.1) is 0 Å². The molecule has 0 spiro atoms. The first kappa shape index (κ1) is 18.6. The van der Waals surface area contributed by atoms with Gasteiger partial charge < -0.3 is 9.30 Å². The topological polar surface area (TPSA) is 14.2 Å². The molecule has 0 aliphatic rings. The molecule has 0 aliphatic heterocycles. The number of aryl methyl sites for hydroxylation is 1. The average molecular weight is 372 g/mol. The van der Waals surface area contributed by atoms with Gasteiger partial charge >= 0.3 is 0 Å². The van der Waals surface area contributed by atoms with Crippen LogP contribution in [-0.2, 0) is 6.54 Å². The molecule has 4 rings (SSSR count). The Bertz CT molecular complexity index is 1060. The molecule has 0 N–H and O–H groups in total. The van der Waals surface area contributed by atoms with Gasteiger partial charge in [0.25, 0.3) is 0 Å². The normalized spacial score (nSPS) is 11.4. The summed E-state index contributed by atoms with van der Waals surface area (Å²) in [5.74, 6) is 0.953. The summed E-state index contributed by atoms with van der Waals surface area (Å²) in [6.07, 6.45) is 4.66. The van der Waals surface area contributed by atoms with Crippen molar-refractivity contribution in [1.29, 1.82) is 0 Å². The van der Waals surface area contributed by atoms with E-state index in [1.54, 1.807) is 0 Å². The van der Waals surface area contributed by atoms with E-state index in [4.69, 9.17) is 4.74 Å². The molecular weight excluding hydrogens is 342 g/mol. The maximum absolute atomic E-state index is 5.80. The van der Waals surface area contributed by atoms with Gasteiger partial charge in [-0.3, -0.25) is 0 Å². The molecule has 144 valence electrons. The average Bonchev–Trinajstić information content (AvgIpc) is 3.06. The van der Waals surface area contributed by atoms with Crippen LogP contribution in [0.15, 0.2) is 66.7 Å².